The van der Waals surface area contributed by atoms with Crippen molar-refractivity contribution in [1.29, 1.82) is 0 Å². The van der Waals surface area contributed by atoms with Gasteiger partial charge in [-0.05, 0) is 49.1 Å². The molecule has 1 heterocycles. The van der Waals surface area contributed by atoms with E-state index >= 15 is 0 Å². The van der Waals surface area contributed by atoms with Crippen LogP contribution in [0.2, 0.25) is 0 Å². The number of nitrogens with one attached hydrogen (secondary N) is 2. The van der Waals surface area contributed by atoms with E-state index in [1.54, 1.807) is 9.58 Å². The molecule has 0 aliphatic carbocycles. The highest BCUT2D eigenvalue weighted by Crippen LogP contribution is 2.26. The Hall–Kier alpha value is -3.61. The van der Waals surface area contributed by atoms with Gasteiger partial charge in [0.05, 0.1) is 11.4 Å². The van der Waals surface area contributed by atoms with Crippen molar-refractivity contribution in [3.05, 3.63) is 71.4 Å². The molecule has 0 unspecified atom stereocenters. The summed E-state index contributed by atoms with van der Waals surface area (Å²) in [4.78, 5) is 27.8. The van der Waals surface area contributed by atoms with Crippen molar-refractivity contribution in [2.75, 3.05) is 23.7 Å². The number of amides is 3. The van der Waals surface area contributed by atoms with Crippen LogP contribution in [0.1, 0.15) is 58.4 Å². The number of hydrogen-bond donors (Lipinski definition) is 2. The molecular weight excluding hydrogens is 450 g/mol. The average molecular weight is 490 g/mol. The van der Waals surface area contributed by atoms with E-state index < -0.39 is 0 Å². The lowest BCUT2D eigenvalue weighted by Gasteiger charge is -2.24. The van der Waals surface area contributed by atoms with Crippen LogP contribution in [0.5, 0.6) is 0 Å². The van der Waals surface area contributed by atoms with E-state index in [1.807, 2.05) is 75.4 Å². The smallest absolute Gasteiger partial charge is 0.315 e. The molecule has 0 saturated carbocycles. The van der Waals surface area contributed by atoms with Crippen molar-refractivity contribution < 1.29 is 9.59 Å². The van der Waals surface area contributed by atoms with Gasteiger partial charge in [-0.2, -0.15) is 5.10 Å². The minimum Gasteiger partial charge on any atom is -0.315 e. The standard InChI is InChI=1S/C29H39N5O2/c1-8-22-11-13-23(14-12-22)30-28(36)33(18-20(2)3)19-27(35)31-26-17-25(29(5,6)7)32-34(26)24-15-9-21(4)10-16-24/h9-17,20H,8,18-19H2,1-7H3,(H,30,36)(H,31,35). The number of benzene rings is 2. The van der Waals surface area contributed by atoms with Crippen molar-refractivity contribution >= 4 is 23.4 Å². The number of hydrogen-bond acceptors (Lipinski definition) is 3. The van der Waals surface area contributed by atoms with Gasteiger partial charge >= 0.3 is 6.03 Å². The van der Waals surface area contributed by atoms with Crippen LogP contribution < -0.4 is 10.6 Å². The zero-order chi connectivity index (χ0) is 26.5. The van der Waals surface area contributed by atoms with Gasteiger partial charge in [-0.3, -0.25) is 4.79 Å². The lowest BCUT2D eigenvalue weighted by molar-refractivity contribution is -0.116. The van der Waals surface area contributed by atoms with Crippen LogP contribution in [0.4, 0.5) is 16.3 Å². The highest BCUT2D eigenvalue weighted by atomic mass is 16.2. The van der Waals surface area contributed by atoms with E-state index in [4.69, 9.17) is 5.10 Å². The van der Waals surface area contributed by atoms with E-state index in [1.165, 1.54) is 5.56 Å². The molecule has 3 aromatic rings. The van der Waals surface area contributed by atoms with E-state index in [0.29, 0.717) is 18.1 Å². The molecule has 0 radical (unpaired) electrons. The third-order valence-electron chi connectivity index (χ3n) is 5.84. The van der Waals surface area contributed by atoms with E-state index in [9.17, 15) is 9.59 Å². The van der Waals surface area contributed by atoms with Gasteiger partial charge in [0.15, 0.2) is 0 Å². The molecule has 3 amide bonds. The third-order valence-corrected chi connectivity index (χ3v) is 5.84. The van der Waals surface area contributed by atoms with Crippen LogP contribution in [0.25, 0.3) is 5.69 Å². The van der Waals surface area contributed by atoms with Crippen molar-refractivity contribution in [2.45, 2.75) is 60.3 Å². The molecule has 7 nitrogen and oxygen atoms in total. The lowest BCUT2D eigenvalue weighted by Crippen LogP contribution is -2.42. The Morgan fingerprint density at radius 2 is 1.64 bits per heavy atom. The summed E-state index contributed by atoms with van der Waals surface area (Å²) in [6.45, 7) is 14.8. The fourth-order valence-corrected chi connectivity index (χ4v) is 3.76. The maximum Gasteiger partial charge on any atom is 0.322 e. The number of aromatic nitrogens is 2. The molecule has 0 spiro atoms. The molecule has 7 heteroatoms. The van der Waals surface area contributed by atoms with Crippen LogP contribution in [0.15, 0.2) is 54.6 Å². The molecule has 2 N–H and O–H groups in total. The monoisotopic (exact) mass is 489 g/mol. The molecular formula is C29H39N5O2. The second-order valence-electron chi connectivity index (χ2n) is 10.7. The van der Waals surface area contributed by atoms with Crippen LogP contribution in [-0.2, 0) is 16.6 Å². The van der Waals surface area contributed by atoms with Gasteiger partial charge in [0, 0.05) is 23.7 Å². The average Bonchev–Trinajstić information content (AvgIpc) is 3.23. The van der Waals surface area contributed by atoms with E-state index in [2.05, 4.69) is 38.3 Å². The summed E-state index contributed by atoms with van der Waals surface area (Å²) in [5.41, 5.74) is 4.59. The third kappa shape index (κ3) is 7.20. The number of aryl methyl sites for hydroxylation is 2. The van der Waals surface area contributed by atoms with Gasteiger partial charge in [-0.15, -0.1) is 0 Å². The predicted octanol–water partition coefficient (Wildman–Crippen LogP) is 6.17. The van der Waals surface area contributed by atoms with Gasteiger partial charge in [0.1, 0.15) is 12.4 Å². The zero-order valence-electron chi connectivity index (χ0n) is 22.6. The summed E-state index contributed by atoms with van der Waals surface area (Å²) in [5.74, 6) is 0.506. The quantitative estimate of drug-likeness (QED) is 0.397. The Labute approximate surface area is 214 Å². The Morgan fingerprint density at radius 3 is 2.19 bits per heavy atom. The molecule has 0 atom stereocenters. The fourth-order valence-electron chi connectivity index (χ4n) is 3.76. The van der Waals surface area contributed by atoms with Crippen LogP contribution >= 0.6 is 0 Å². The number of carbonyl (C=O) groups excluding carboxylic acids is 2. The van der Waals surface area contributed by atoms with Crippen molar-refractivity contribution in [1.82, 2.24) is 14.7 Å². The first-order chi connectivity index (χ1) is 17.0. The molecule has 192 valence electrons. The number of anilines is 2. The van der Waals surface area contributed by atoms with Crippen LogP contribution in [0, 0.1) is 12.8 Å². The highest BCUT2D eigenvalue weighted by molar-refractivity contribution is 5.96. The SMILES string of the molecule is CCc1ccc(NC(=O)N(CC(=O)Nc2cc(C(C)(C)C)nn2-c2ccc(C)cc2)CC(C)C)cc1. The number of urea groups is 1. The molecule has 2 aromatic carbocycles. The molecule has 0 fully saturated rings. The van der Waals surface area contributed by atoms with Crippen molar-refractivity contribution in [2.24, 2.45) is 5.92 Å². The van der Waals surface area contributed by atoms with Crippen LogP contribution in [0.3, 0.4) is 0 Å². The first kappa shape index (κ1) is 27.0. The number of rotatable bonds is 8. The summed E-state index contributed by atoms with van der Waals surface area (Å²) in [6.07, 6.45) is 0.934. The molecule has 1 aromatic heterocycles. The number of nitrogens with zero attached hydrogens (tertiary/aromatic N) is 3. The Morgan fingerprint density at radius 1 is 1.00 bits per heavy atom. The van der Waals surface area contributed by atoms with Gasteiger partial charge in [0.2, 0.25) is 5.91 Å². The molecule has 0 aliphatic heterocycles. The maximum atomic E-state index is 13.2. The maximum absolute atomic E-state index is 13.2. The summed E-state index contributed by atoms with van der Waals surface area (Å²) in [5, 5.41) is 10.7. The second kappa shape index (κ2) is 11.4. The van der Waals surface area contributed by atoms with E-state index in [-0.39, 0.29) is 29.8 Å². The Balaban J connectivity index is 1.79. The van der Waals surface area contributed by atoms with E-state index in [0.717, 1.165) is 23.4 Å². The molecule has 3 rings (SSSR count). The van der Waals surface area contributed by atoms with Crippen molar-refractivity contribution in [3.8, 4) is 5.69 Å². The number of carbonyl (C=O) groups is 2. The first-order valence-electron chi connectivity index (χ1n) is 12.6. The summed E-state index contributed by atoms with van der Waals surface area (Å²) in [6, 6.07) is 17.4. The minimum atomic E-state index is -0.300. The van der Waals surface area contributed by atoms with Gasteiger partial charge < -0.3 is 15.5 Å². The second-order valence-corrected chi connectivity index (χ2v) is 10.7. The van der Waals surface area contributed by atoms with Crippen molar-refractivity contribution in [3.63, 3.8) is 0 Å². The first-order valence-corrected chi connectivity index (χ1v) is 12.6. The summed E-state index contributed by atoms with van der Waals surface area (Å²) in [7, 11) is 0. The molecule has 36 heavy (non-hydrogen) atoms. The minimum absolute atomic E-state index is 0.0685. The topological polar surface area (TPSA) is 79.3 Å². The van der Waals surface area contributed by atoms with Gasteiger partial charge in [-0.1, -0.05) is 71.4 Å². The van der Waals surface area contributed by atoms with Gasteiger partial charge in [-0.25, -0.2) is 9.48 Å². The summed E-state index contributed by atoms with van der Waals surface area (Å²) < 4.78 is 1.75. The lowest BCUT2D eigenvalue weighted by atomic mass is 9.92. The highest BCUT2D eigenvalue weighted by Gasteiger charge is 2.23. The zero-order valence-corrected chi connectivity index (χ0v) is 22.6. The Bertz CT molecular complexity index is 1170. The fraction of sp³-hybridized carbons (Fsp3) is 0.414. The Kier molecular flexibility index (Phi) is 8.56. The molecule has 0 bridgehead atoms. The van der Waals surface area contributed by atoms with Gasteiger partial charge in [0.25, 0.3) is 0 Å². The van der Waals surface area contributed by atoms with Crippen LogP contribution in [-0.4, -0.2) is 39.7 Å². The normalized spacial score (nSPS) is 11.4. The summed E-state index contributed by atoms with van der Waals surface area (Å²) >= 11 is 0. The largest absolute Gasteiger partial charge is 0.322 e. The molecule has 0 saturated heterocycles. The molecule has 0 aliphatic rings. The predicted molar refractivity (Wildman–Crippen MR) is 147 cm³/mol.